The van der Waals surface area contributed by atoms with Crippen molar-refractivity contribution in [3.63, 3.8) is 0 Å². The van der Waals surface area contributed by atoms with Gasteiger partial charge in [-0.05, 0) is 42.8 Å². The van der Waals surface area contributed by atoms with E-state index in [0.717, 1.165) is 11.6 Å². The van der Waals surface area contributed by atoms with E-state index in [1.54, 1.807) is 12.1 Å². The minimum absolute atomic E-state index is 0.143. The molecule has 0 spiro atoms. The molecule has 2 rings (SSSR count). The van der Waals surface area contributed by atoms with Crippen LogP contribution in [0.5, 0.6) is 11.5 Å². The lowest BCUT2D eigenvalue weighted by Gasteiger charge is -2.12. The van der Waals surface area contributed by atoms with Crippen LogP contribution in [0.4, 0.5) is 4.39 Å². The molecule has 0 aliphatic carbocycles. The fraction of sp³-hybridized carbons (Fsp3) is 0.0714. The Morgan fingerprint density at radius 1 is 1.25 bits per heavy atom. The van der Waals surface area contributed by atoms with Gasteiger partial charge < -0.3 is 15.7 Å². The van der Waals surface area contributed by atoms with Crippen LogP contribution in [0.1, 0.15) is 11.1 Å². The number of benzene rings is 2. The number of aryl methyl sites for hydroxylation is 1. The van der Waals surface area contributed by atoms with Crippen LogP contribution in [0, 0.1) is 12.7 Å². The van der Waals surface area contributed by atoms with Crippen LogP contribution in [0.15, 0.2) is 41.6 Å². The van der Waals surface area contributed by atoms with E-state index in [2.05, 4.69) is 5.16 Å². The first kappa shape index (κ1) is 14.1. The summed E-state index contributed by atoms with van der Waals surface area (Å²) in [6, 6.07) is 8.98. The van der Waals surface area contributed by atoms with Crippen LogP contribution in [-0.4, -0.2) is 11.0 Å². The smallest absolute Gasteiger partial charge is 0.173 e. The van der Waals surface area contributed by atoms with Crippen molar-refractivity contribution < 1.29 is 14.3 Å². The first-order chi connectivity index (χ1) is 9.51. The van der Waals surface area contributed by atoms with Gasteiger partial charge in [-0.15, -0.1) is 0 Å². The Balaban J connectivity index is 2.43. The Labute approximate surface area is 120 Å². The number of amidine groups is 1. The van der Waals surface area contributed by atoms with Crippen LogP contribution in [0.3, 0.4) is 0 Å². The molecule has 0 atom stereocenters. The number of hydrogen-bond acceptors (Lipinski definition) is 3. The van der Waals surface area contributed by atoms with Crippen molar-refractivity contribution in [2.45, 2.75) is 6.92 Å². The van der Waals surface area contributed by atoms with Crippen molar-refractivity contribution in [2.24, 2.45) is 10.9 Å². The van der Waals surface area contributed by atoms with Gasteiger partial charge in [0.1, 0.15) is 17.3 Å². The molecule has 4 nitrogen and oxygen atoms in total. The Morgan fingerprint density at radius 2 is 1.95 bits per heavy atom. The van der Waals surface area contributed by atoms with Gasteiger partial charge in [0.15, 0.2) is 5.84 Å². The summed E-state index contributed by atoms with van der Waals surface area (Å²) in [5, 5.41) is 12.0. The van der Waals surface area contributed by atoms with Crippen LogP contribution in [0.25, 0.3) is 0 Å². The molecule has 0 fully saturated rings. The Kier molecular flexibility index (Phi) is 4.10. The predicted molar refractivity (Wildman–Crippen MR) is 75.2 cm³/mol. The number of hydrogen-bond donors (Lipinski definition) is 2. The molecule has 20 heavy (non-hydrogen) atoms. The number of halogens is 2. The van der Waals surface area contributed by atoms with Gasteiger partial charge >= 0.3 is 0 Å². The number of nitrogens with two attached hydrogens (primary N) is 1. The monoisotopic (exact) mass is 294 g/mol. The fourth-order valence-corrected chi connectivity index (χ4v) is 1.93. The highest BCUT2D eigenvalue weighted by Crippen LogP contribution is 2.32. The van der Waals surface area contributed by atoms with E-state index >= 15 is 0 Å². The molecular formula is C14H12ClFN2O2. The third-order valence-electron chi connectivity index (χ3n) is 2.63. The van der Waals surface area contributed by atoms with E-state index in [-0.39, 0.29) is 17.1 Å². The van der Waals surface area contributed by atoms with E-state index in [4.69, 9.17) is 27.3 Å². The third-order valence-corrected chi connectivity index (χ3v) is 2.93. The molecule has 0 amide bonds. The average molecular weight is 295 g/mol. The summed E-state index contributed by atoms with van der Waals surface area (Å²) >= 11 is 6.07. The largest absolute Gasteiger partial charge is 0.455 e. The summed E-state index contributed by atoms with van der Waals surface area (Å²) in [6.45, 7) is 1.90. The molecule has 0 saturated carbocycles. The molecule has 0 aromatic heterocycles. The van der Waals surface area contributed by atoms with E-state index in [9.17, 15) is 4.39 Å². The van der Waals surface area contributed by atoms with Gasteiger partial charge in [-0.1, -0.05) is 22.8 Å². The molecule has 0 unspecified atom stereocenters. The Morgan fingerprint density at radius 3 is 2.60 bits per heavy atom. The zero-order valence-electron chi connectivity index (χ0n) is 10.6. The van der Waals surface area contributed by atoms with Crippen LogP contribution >= 0.6 is 11.6 Å². The number of rotatable bonds is 3. The predicted octanol–water partition coefficient (Wildman–Crippen LogP) is 3.67. The zero-order chi connectivity index (χ0) is 14.7. The maximum absolute atomic E-state index is 13.2. The highest BCUT2D eigenvalue weighted by atomic mass is 35.5. The van der Waals surface area contributed by atoms with Gasteiger partial charge in [0.25, 0.3) is 0 Å². The van der Waals surface area contributed by atoms with E-state index in [1.165, 1.54) is 12.1 Å². The average Bonchev–Trinajstić information content (AvgIpc) is 2.42. The molecular weight excluding hydrogens is 283 g/mol. The van der Waals surface area contributed by atoms with Gasteiger partial charge in [0.2, 0.25) is 0 Å². The standard InChI is InChI=1S/C14H12ClFN2O2/c1-8-2-4-13(11(15)6-8)20-12-5-3-9(16)7-10(12)14(17)18-19/h2-7,19H,1H3,(H2,17,18). The summed E-state index contributed by atoms with van der Waals surface area (Å²) < 4.78 is 18.8. The fourth-order valence-electron chi connectivity index (χ4n) is 1.65. The Bertz CT molecular complexity index is 674. The van der Waals surface area contributed by atoms with Gasteiger partial charge in [-0.3, -0.25) is 0 Å². The summed E-state index contributed by atoms with van der Waals surface area (Å²) in [7, 11) is 0. The maximum Gasteiger partial charge on any atom is 0.173 e. The van der Waals surface area contributed by atoms with Gasteiger partial charge in [0, 0.05) is 0 Å². The normalized spacial score (nSPS) is 11.4. The number of oxime groups is 1. The minimum atomic E-state index is -0.519. The summed E-state index contributed by atoms with van der Waals surface area (Å²) in [4.78, 5) is 0. The lowest BCUT2D eigenvalue weighted by atomic mass is 10.1. The highest BCUT2D eigenvalue weighted by Gasteiger charge is 2.12. The van der Waals surface area contributed by atoms with Crippen molar-refractivity contribution in [1.82, 2.24) is 0 Å². The first-order valence-electron chi connectivity index (χ1n) is 5.72. The molecule has 0 bridgehead atoms. The van der Waals surface area contributed by atoms with Gasteiger partial charge in [0.05, 0.1) is 10.6 Å². The third kappa shape index (κ3) is 3.00. The minimum Gasteiger partial charge on any atom is -0.455 e. The molecule has 0 heterocycles. The second kappa shape index (κ2) is 5.79. The van der Waals surface area contributed by atoms with Gasteiger partial charge in [-0.2, -0.15) is 0 Å². The topological polar surface area (TPSA) is 67.8 Å². The highest BCUT2D eigenvalue weighted by molar-refractivity contribution is 6.32. The zero-order valence-corrected chi connectivity index (χ0v) is 11.4. The molecule has 2 aromatic rings. The number of nitrogens with zero attached hydrogens (tertiary/aromatic N) is 1. The summed E-state index contributed by atoms with van der Waals surface area (Å²) in [6.07, 6.45) is 0. The van der Waals surface area contributed by atoms with Crippen molar-refractivity contribution in [2.75, 3.05) is 0 Å². The Hall–Kier alpha value is -2.27. The molecule has 0 saturated heterocycles. The second-order valence-electron chi connectivity index (χ2n) is 4.16. The molecule has 0 radical (unpaired) electrons. The quantitative estimate of drug-likeness (QED) is 0.393. The summed E-state index contributed by atoms with van der Waals surface area (Å²) in [5.41, 5.74) is 6.63. The van der Waals surface area contributed by atoms with E-state index < -0.39 is 5.82 Å². The van der Waals surface area contributed by atoms with Crippen LogP contribution in [0.2, 0.25) is 5.02 Å². The van der Waals surface area contributed by atoms with Crippen molar-refractivity contribution in [3.8, 4) is 11.5 Å². The van der Waals surface area contributed by atoms with Crippen molar-refractivity contribution in [3.05, 3.63) is 58.4 Å². The van der Waals surface area contributed by atoms with Crippen molar-refractivity contribution >= 4 is 17.4 Å². The van der Waals surface area contributed by atoms with E-state index in [1.807, 2.05) is 13.0 Å². The van der Waals surface area contributed by atoms with Crippen LogP contribution in [-0.2, 0) is 0 Å². The second-order valence-corrected chi connectivity index (χ2v) is 4.57. The summed E-state index contributed by atoms with van der Waals surface area (Å²) in [5.74, 6) is -0.125. The lowest BCUT2D eigenvalue weighted by molar-refractivity contribution is 0.318. The molecule has 2 aromatic carbocycles. The maximum atomic E-state index is 13.2. The molecule has 0 aliphatic rings. The molecule has 6 heteroatoms. The van der Waals surface area contributed by atoms with E-state index in [0.29, 0.717) is 10.8 Å². The SMILES string of the molecule is Cc1ccc(Oc2ccc(F)cc2C(N)=NO)c(Cl)c1. The lowest BCUT2D eigenvalue weighted by Crippen LogP contribution is -2.14. The van der Waals surface area contributed by atoms with Crippen molar-refractivity contribution in [1.29, 1.82) is 0 Å². The molecule has 104 valence electrons. The first-order valence-corrected chi connectivity index (χ1v) is 6.10. The number of ether oxygens (including phenoxy) is 1. The van der Waals surface area contributed by atoms with Crippen LogP contribution < -0.4 is 10.5 Å². The molecule has 0 aliphatic heterocycles. The van der Waals surface area contributed by atoms with Gasteiger partial charge in [-0.25, -0.2) is 4.39 Å². The molecule has 3 N–H and O–H groups in total.